The molecule has 2 N–H and O–H groups in total. The zero-order valence-electron chi connectivity index (χ0n) is 16.8. The van der Waals surface area contributed by atoms with E-state index in [1.54, 1.807) is 24.3 Å². The molecule has 5 aromatic rings. The van der Waals surface area contributed by atoms with Crippen LogP contribution < -0.4 is 0 Å². The third-order valence-corrected chi connectivity index (χ3v) is 5.77. The van der Waals surface area contributed by atoms with Gasteiger partial charge < -0.3 is 9.97 Å². The fourth-order valence-electron chi connectivity index (χ4n) is 3.75. The van der Waals surface area contributed by atoms with Crippen LogP contribution in [0, 0.1) is 20.2 Å². The first-order chi connectivity index (χ1) is 15.9. The molecule has 5 rings (SSSR count). The second-order valence-corrected chi connectivity index (χ2v) is 8.23. The molecule has 0 unspecified atom stereocenters. The van der Waals surface area contributed by atoms with Crippen molar-refractivity contribution in [1.82, 2.24) is 15.0 Å². The highest BCUT2D eigenvalue weighted by atomic mass is 79.9. The number of hydrogen-bond acceptors (Lipinski definition) is 5. The van der Waals surface area contributed by atoms with Crippen molar-refractivity contribution >= 4 is 38.2 Å². The van der Waals surface area contributed by atoms with Gasteiger partial charge in [0.2, 0.25) is 0 Å². The van der Waals surface area contributed by atoms with Crippen molar-refractivity contribution < 1.29 is 9.85 Å². The summed E-state index contributed by atoms with van der Waals surface area (Å²) in [6.45, 7) is 0. The molecule has 2 heterocycles. The summed E-state index contributed by atoms with van der Waals surface area (Å²) in [4.78, 5) is 33.0. The van der Waals surface area contributed by atoms with Gasteiger partial charge in [-0.05, 0) is 18.2 Å². The quantitative estimate of drug-likeness (QED) is 0.209. The summed E-state index contributed by atoms with van der Waals surface area (Å²) in [5.41, 5.74) is 3.63. The van der Waals surface area contributed by atoms with Crippen molar-refractivity contribution in [2.24, 2.45) is 0 Å². The molecule has 3 aromatic carbocycles. The molecule has 0 amide bonds. The fourth-order valence-corrected chi connectivity index (χ4v) is 4.11. The fraction of sp³-hybridized carbons (Fsp3) is 0. The zero-order chi connectivity index (χ0) is 23.1. The highest BCUT2D eigenvalue weighted by Crippen LogP contribution is 2.37. The number of rotatable bonds is 5. The van der Waals surface area contributed by atoms with Gasteiger partial charge in [-0.25, -0.2) is 4.98 Å². The third kappa shape index (κ3) is 3.76. The van der Waals surface area contributed by atoms with Crippen LogP contribution in [-0.2, 0) is 0 Å². The Kier molecular flexibility index (Phi) is 4.98. The Morgan fingerprint density at radius 2 is 1.52 bits per heavy atom. The molecule has 0 saturated heterocycles. The normalized spacial score (nSPS) is 11.1. The second kappa shape index (κ2) is 7.99. The molecule has 0 fully saturated rings. The Morgan fingerprint density at radius 3 is 2.21 bits per heavy atom. The lowest BCUT2D eigenvalue weighted by Crippen LogP contribution is -1.91. The Labute approximate surface area is 194 Å². The monoisotopic (exact) mass is 503 g/mol. The van der Waals surface area contributed by atoms with E-state index in [1.807, 2.05) is 24.4 Å². The van der Waals surface area contributed by atoms with Gasteiger partial charge in [0, 0.05) is 62.5 Å². The van der Waals surface area contributed by atoms with Crippen LogP contribution in [0.15, 0.2) is 77.4 Å². The standard InChI is InChI=1S/C23H14BrN5O4/c24-15-7-8-20-18(11-15)19(12-25-20)23-26-21(13-3-1-5-16(9-13)28(30)31)22(27-23)14-4-2-6-17(10-14)29(32)33/h1-12,25H,(H,26,27). The van der Waals surface area contributed by atoms with Crippen molar-refractivity contribution in [1.29, 1.82) is 0 Å². The van der Waals surface area contributed by atoms with E-state index in [2.05, 4.69) is 25.9 Å². The number of aromatic nitrogens is 3. The maximum atomic E-state index is 11.3. The predicted molar refractivity (Wildman–Crippen MR) is 128 cm³/mol. The van der Waals surface area contributed by atoms with E-state index in [4.69, 9.17) is 4.98 Å². The molecule has 0 saturated carbocycles. The maximum absolute atomic E-state index is 11.3. The van der Waals surface area contributed by atoms with Crippen LogP contribution in [0.1, 0.15) is 0 Å². The van der Waals surface area contributed by atoms with E-state index in [-0.39, 0.29) is 11.4 Å². The van der Waals surface area contributed by atoms with Gasteiger partial charge in [-0.15, -0.1) is 0 Å². The number of nitrogens with zero attached hydrogens (tertiary/aromatic N) is 3. The number of nitro groups is 2. The maximum Gasteiger partial charge on any atom is 0.270 e. The van der Waals surface area contributed by atoms with E-state index in [9.17, 15) is 20.2 Å². The molecular formula is C23H14BrN5O4. The number of H-pyrrole nitrogens is 2. The van der Waals surface area contributed by atoms with Crippen LogP contribution in [0.5, 0.6) is 0 Å². The number of imidazole rings is 1. The van der Waals surface area contributed by atoms with Gasteiger partial charge in [-0.2, -0.15) is 0 Å². The van der Waals surface area contributed by atoms with Crippen molar-refractivity contribution in [2.75, 3.05) is 0 Å². The SMILES string of the molecule is O=[N+]([O-])c1cccc(-c2nc(-c3c[nH]c4ccc(Br)cc34)[nH]c2-c2cccc([N+](=O)[O-])c2)c1. The van der Waals surface area contributed by atoms with Gasteiger partial charge >= 0.3 is 0 Å². The van der Waals surface area contributed by atoms with Gasteiger partial charge in [0.05, 0.1) is 21.2 Å². The van der Waals surface area contributed by atoms with E-state index >= 15 is 0 Å². The van der Waals surface area contributed by atoms with Gasteiger partial charge in [0.15, 0.2) is 0 Å². The first-order valence-electron chi connectivity index (χ1n) is 9.77. The molecule has 162 valence electrons. The summed E-state index contributed by atoms with van der Waals surface area (Å²) >= 11 is 3.49. The lowest BCUT2D eigenvalue weighted by Gasteiger charge is -2.03. The molecule has 0 bridgehead atoms. The molecule has 0 aliphatic rings. The molecule has 0 aliphatic heterocycles. The number of nitrogens with one attached hydrogen (secondary N) is 2. The lowest BCUT2D eigenvalue weighted by molar-refractivity contribution is -0.385. The molecule has 2 aromatic heterocycles. The van der Waals surface area contributed by atoms with Gasteiger partial charge in [0.25, 0.3) is 11.4 Å². The van der Waals surface area contributed by atoms with Crippen molar-refractivity contribution in [3.8, 4) is 33.9 Å². The average molecular weight is 504 g/mol. The topological polar surface area (TPSA) is 131 Å². The molecule has 10 heteroatoms. The number of nitro benzene ring substituents is 2. The number of hydrogen-bond donors (Lipinski definition) is 2. The van der Waals surface area contributed by atoms with Crippen LogP contribution >= 0.6 is 15.9 Å². The van der Waals surface area contributed by atoms with Crippen LogP contribution in [-0.4, -0.2) is 24.8 Å². The van der Waals surface area contributed by atoms with Crippen molar-refractivity contribution in [2.45, 2.75) is 0 Å². The Hall–Kier alpha value is -4.31. The summed E-state index contributed by atoms with van der Waals surface area (Å²) in [5.74, 6) is 0.530. The van der Waals surface area contributed by atoms with Crippen LogP contribution in [0.2, 0.25) is 0 Å². The molecule has 9 nitrogen and oxygen atoms in total. The van der Waals surface area contributed by atoms with Crippen molar-refractivity contribution in [3.05, 3.63) is 97.6 Å². The highest BCUT2D eigenvalue weighted by molar-refractivity contribution is 9.10. The van der Waals surface area contributed by atoms with E-state index in [0.717, 1.165) is 20.9 Å². The molecule has 0 radical (unpaired) electrons. The van der Waals surface area contributed by atoms with Gasteiger partial charge in [0.1, 0.15) is 5.82 Å². The minimum atomic E-state index is -0.471. The number of benzene rings is 3. The number of halogens is 1. The second-order valence-electron chi connectivity index (χ2n) is 7.32. The van der Waals surface area contributed by atoms with Gasteiger partial charge in [-0.1, -0.05) is 40.2 Å². The molecule has 0 spiro atoms. The van der Waals surface area contributed by atoms with Crippen LogP contribution in [0.25, 0.3) is 44.8 Å². The molecule has 33 heavy (non-hydrogen) atoms. The van der Waals surface area contributed by atoms with Gasteiger partial charge in [-0.3, -0.25) is 20.2 Å². The Balaban J connectivity index is 1.75. The molecule has 0 aliphatic carbocycles. The largest absolute Gasteiger partial charge is 0.360 e. The summed E-state index contributed by atoms with van der Waals surface area (Å²) in [6.07, 6.45) is 1.82. The Bertz CT molecular complexity index is 1480. The molecule has 0 atom stereocenters. The summed E-state index contributed by atoms with van der Waals surface area (Å²) in [6, 6.07) is 18.2. The smallest absolute Gasteiger partial charge is 0.270 e. The highest BCUT2D eigenvalue weighted by Gasteiger charge is 2.20. The number of aromatic amines is 2. The lowest BCUT2D eigenvalue weighted by atomic mass is 10.0. The number of non-ortho nitro benzene ring substituents is 2. The number of fused-ring (bicyclic) bond motifs is 1. The minimum absolute atomic E-state index is 0.0651. The Morgan fingerprint density at radius 1 is 0.848 bits per heavy atom. The molecular weight excluding hydrogens is 490 g/mol. The van der Waals surface area contributed by atoms with E-state index in [1.165, 1.54) is 24.3 Å². The minimum Gasteiger partial charge on any atom is -0.360 e. The summed E-state index contributed by atoms with van der Waals surface area (Å²) in [5, 5.41) is 23.6. The van der Waals surface area contributed by atoms with Crippen LogP contribution in [0.4, 0.5) is 11.4 Å². The van der Waals surface area contributed by atoms with E-state index < -0.39 is 9.85 Å². The van der Waals surface area contributed by atoms with E-state index in [0.29, 0.717) is 28.3 Å². The third-order valence-electron chi connectivity index (χ3n) is 5.28. The first kappa shape index (κ1) is 20.6. The first-order valence-corrected chi connectivity index (χ1v) is 10.6. The van der Waals surface area contributed by atoms with Crippen molar-refractivity contribution in [3.63, 3.8) is 0 Å². The average Bonchev–Trinajstić information content (AvgIpc) is 3.43. The predicted octanol–water partition coefficient (Wildman–Crippen LogP) is 6.47. The summed E-state index contributed by atoms with van der Waals surface area (Å²) < 4.78 is 0.903. The zero-order valence-corrected chi connectivity index (χ0v) is 18.4. The van der Waals surface area contributed by atoms with Crippen LogP contribution in [0.3, 0.4) is 0 Å². The summed E-state index contributed by atoms with van der Waals surface area (Å²) in [7, 11) is 0.